The molecule has 0 radical (unpaired) electrons. The minimum absolute atomic E-state index is 0.837. The molecular weight excluding hydrogens is 258 g/mol. The Balaban J connectivity index is 1.40. The van der Waals surface area contributed by atoms with E-state index in [1.54, 1.807) is 0 Å². The number of benzene rings is 1. The molecule has 0 spiro atoms. The van der Waals surface area contributed by atoms with E-state index in [-0.39, 0.29) is 0 Å². The number of rotatable bonds is 10. The summed E-state index contributed by atoms with van der Waals surface area (Å²) in [5, 5.41) is 0. The van der Waals surface area contributed by atoms with Crippen LogP contribution in [-0.2, 0) is 6.54 Å². The molecule has 0 aliphatic rings. The zero-order chi connectivity index (χ0) is 14.6. The topological polar surface area (TPSA) is 13.1 Å². The van der Waals surface area contributed by atoms with Crippen LogP contribution in [0.5, 0.6) is 5.75 Å². The van der Waals surface area contributed by atoms with Crippen LogP contribution in [0.15, 0.2) is 60.9 Å². The summed E-state index contributed by atoms with van der Waals surface area (Å²) in [5.74, 6) is 0.984. The van der Waals surface area contributed by atoms with Crippen molar-refractivity contribution in [1.29, 1.82) is 0 Å². The highest BCUT2D eigenvalue weighted by Crippen LogP contribution is 2.10. The fraction of sp³-hybridized carbons (Fsp3) is 0.421. The Morgan fingerprint density at radius 1 is 0.667 bits per heavy atom. The number of pyridine rings is 1. The molecule has 0 saturated carbocycles. The van der Waals surface area contributed by atoms with E-state index in [0.717, 1.165) is 25.3 Å². The first-order chi connectivity index (χ1) is 10.4. The lowest BCUT2D eigenvalue weighted by atomic mass is 10.1. The number of hydrogen-bond donors (Lipinski definition) is 0. The van der Waals surface area contributed by atoms with Crippen LogP contribution >= 0.6 is 0 Å². The first kappa shape index (κ1) is 15.6. The lowest BCUT2D eigenvalue weighted by Gasteiger charge is -2.05. The van der Waals surface area contributed by atoms with Gasteiger partial charge in [-0.15, -0.1) is 0 Å². The molecule has 0 N–H and O–H groups in total. The van der Waals surface area contributed by atoms with Gasteiger partial charge < -0.3 is 4.74 Å². The summed E-state index contributed by atoms with van der Waals surface area (Å²) in [6, 6.07) is 16.3. The van der Waals surface area contributed by atoms with Crippen LogP contribution in [0.3, 0.4) is 0 Å². The third-order valence-corrected chi connectivity index (χ3v) is 3.60. The van der Waals surface area contributed by atoms with E-state index in [1.807, 2.05) is 30.3 Å². The van der Waals surface area contributed by atoms with Crippen LogP contribution in [-0.4, -0.2) is 6.61 Å². The molecule has 2 aromatic rings. The van der Waals surface area contributed by atoms with Gasteiger partial charge in [0.1, 0.15) is 12.3 Å². The van der Waals surface area contributed by atoms with Gasteiger partial charge in [0.05, 0.1) is 6.61 Å². The maximum Gasteiger partial charge on any atom is 0.168 e. The molecule has 2 rings (SSSR count). The molecule has 0 aliphatic heterocycles. The van der Waals surface area contributed by atoms with Crippen LogP contribution in [0.2, 0.25) is 0 Å². The summed E-state index contributed by atoms with van der Waals surface area (Å²) >= 11 is 0. The van der Waals surface area contributed by atoms with Crippen LogP contribution in [0.25, 0.3) is 0 Å². The zero-order valence-corrected chi connectivity index (χ0v) is 12.8. The SMILES string of the molecule is c1ccc(OCCCCCCCC[n+]2ccccc2)cc1. The molecule has 0 saturated heterocycles. The quantitative estimate of drug-likeness (QED) is 0.466. The van der Waals surface area contributed by atoms with Crippen molar-refractivity contribution >= 4 is 0 Å². The largest absolute Gasteiger partial charge is 0.494 e. The van der Waals surface area contributed by atoms with Crippen molar-refractivity contribution in [1.82, 2.24) is 0 Å². The molecule has 112 valence electrons. The molecule has 0 atom stereocenters. The van der Waals surface area contributed by atoms with Crippen molar-refractivity contribution in [3.63, 3.8) is 0 Å². The molecule has 0 fully saturated rings. The molecule has 0 bridgehead atoms. The van der Waals surface area contributed by atoms with E-state index in [9.17, 15) is 0 Å². The average Bonchev–Trinajstić information content (AvgIpc) is 2.55. The monoisotopic (exact) mass is 284 g/mol. The number of hydrogen-bond acceptors (Lipinski definition) is 1. The average molecular weight is 284 g/mol. The standard InChI is InChI=1S/C19H26NO/c1(3-9-15-20-16-10-6-11-17-20)2-4-12-18-21-19-13-7-5-8-14-19/h5-8,10-11,13-14,16-17H,1-4,9,12,15,18H2/q+1. The maximum absolute atomic E-state index is 5.69. The second-order valence-corrected chi connectivity index (χ2v) is 5.40. The van der Waals surface area contributed by atoms with Crippen LogP contribution < -0.4 is 9.30 Å². The van der Waals surface area contributed by atoms with Crippen molar-refractivity contribution < 1.29 is 9.30 Å². The van der Waals surface area contributed by atoms with Crippen molar-refractivity contribution in [3.8, 4) is 5.75 Å². The third kappa shape index (κ3) is 6.94. The van der Waals surface area contributed by atoms with E-state index < -0.39 is 0 Å². The molecule has 0 aliphatic carbocycles. The number of nitrogens with zero attached hydrogens (tertiary/aromatic N) is 1. The number of aryl methyl sites for hydroxylation is 1. The summed E-state index contributed by atoms with van der Waals surface area (Å²) < 4.78 is 7.95. The van der Waals surface area contributed by atoms with Gasteiger partial charge in [-0.1, -0.05) is 43.5 Å². The number of aromatic nitrogens is 1. The van der Waals surface area contributed by atoms with E-state index >= 15 is 0 Å². The lowest BCUT2D eigenvalue weighted by Crippen LogP contribution is -2.32. The van der Waals surface area contributed by atoms with E-state index in [1.165, 1.54) is 32.1 Å². The first-order valence-corrected chi connectivity index (χ1v) is 8.07. The molecule has 1 aromatic carbocycles. The molecule has 1 aromatic heterocycles. The maximum atomic E-state index is 5.69. The number of ether oxygens (including phenoxy) is 1. The highest BCUT2D eigenvalue weighted by atomic mass is 16.5. The van der Waals surface area contributed by atoms with Gasteiger partial charge in [0.2, 0.25) is 0 Å². The van der Waals surface area contributed by atoms with Gasteiger partial charge in [-0.2, -0.15) is 0 Å². The van der Waals surface area contributed by atoms with Crippen LogP contribution in [0.1, 0.15) is 38.5 Å². The Hall–Kier alpha value is -1.83. The summed E-state index contributed by atoms with van der Waals surface area (Å²) in [7, 11) is 0. The molecular formula is C19H26NO+. The normalized spacial score (nSPS) is 10.5. The van der Waals surface area contributed by atoms with Gasteiger partial charge in [-0.05, 0) is 25.0 Å². The summed E-state index contributed by atoms with van der Waals surface area (Å²) in [4.78, 5) is 0. The Morgan fingerprint density at radius 2 is 1.29 bits per heavy atom. The molecule has 2 heteroatoms. The first-order valence-electron chi connectivity index (χ1n) is 8.07. The van der Waals surface area contributed by atoms with Gasteiger partial charge in [0, 0.05) is 18.6 Å². The predicted octanol–water partition coefficient (Wildman–Crippen LogP) is 4.39. The molecule has 2 nitrogen and oxygen atoms in total. The fourth-order valence-electron chi connectivity index (χ4n) is 2.39. The second-order valence-electron chi connectivity index (χ2n) is 5.40. The summed E-state index contributed by atoms with van der Waals surface area (Å²) in [5.41, 5.74) is 0. The number of unbranched alkanes of at least 4 members (excludes halogenated alkanes) is 5. The van der Waals surface area contributed by atoms with Crippen molar-refractivity contribution in [2.45, 2.75) is 45.1 Å². The molecule has 0 unspecified atom stereocenters. The van der Waals surface area contributed by atoms with Gasteiger partial charge in [0.25, 0.3) is 0 Å². The van der Waals surface area contributed by atoms with Gasteiger partial charge in [-0.3, -0.25) is 0 Å². The van der Waals surface area contributed by atoms with Crippen LogP contribution in [0.4, 0.5) is 0 Å². The molecule has 21 heavy (non-hydrogen) atoms. The Kier molecular flexibility index (Phi) is 7.39. The highest BCUT2D eigenvalue weighted by molar-refractivity contribution is 5.20. The molecule has 1 heterocycles. The summed E-state index contributed by atoms with van der Waals surface area (Å²) in [6.45, 7) is 1.97. The van der Waals surface area contributed by atoms with Crippen molar-refractivity contribution in [3.05, 3.63) is 60.9 Å². The summed E-state index contributed by atoms with van der Waals surface area (Å²) in [6.07, 6.45) is 11.9. The predicted molar refractivity (Wildman–Crippen MR) is 86.3 cm³/mol. The van der Waals surface area contributed by atoms with E-state index in [0.29, 0.717) is 0 Å². The Labute approximate surface area is 128 Å². The van der Waals surface area contributed by atoms with Gasteiger partial charge in [-0.25, -0.2) is 4.57 Å². The van der Waals surface area contributed by atoms with E-state index in [2.05, 4.69) is 35.2 Å². The fourth-order valence-corrected chi connectivity index (χ4v) is 2.39. The highest BCUT2D eigenvalue weighted by Gasteiger charge is 1.98. The number of para-hydroxylation sites is 1. The molecule has 0 amide bonds. The second kappa shape index (κ2) is 9.98. The smallest absolute Gasteiger partial charge is 0.168 e. The lowest BCUT2D eigenvalue weighted by molar-refractivity contribution is -0.697. The van der Waals surface area contributed by atoms with Crippen molar-refractivity contribution in [2.24, 2.45) is 0 Å². The Bertz CT molecular complexity index is 424. The van der Waals surface area contributed by atoms with Gasteiger partial charge in [0.15, 0.2) is 12.4 Å². The van der Waals surface area contributed by atoms with Crippen molar-refractivity contribution in [2.75, 3.05) is 6.61 Å². The minimum Gasteiger partial charge on any atom is -0.494 e. The third-order valence-electron chi connectivity index (χ3n) is 3.60. The zero-order valence-electron chi connectivity index (χ0n) is 12.8. The van der Waals surface area contributed by atoms with Crippen LogP contribution in [0, 0.1) is 0 Å². The van der Waals surface area contributed by atoms with E-state index in [4.69, 9.17) is 4.74 Å². The minimum atomic E-state index is 0.837. The Morgan fingerprint density at radius 3 is 2.05 bits per heavy atom. The van der Waals surface area contributed by atoms with Gasteiger partial charge >= 0.3 is 0 Å².